The van der Waals surface area contributed by atoms with Crippen LogP contribution in [0.4, 0.5) is 5.69 Å². The molecule has 2 rings (SSSR count). The van der Waals surface area contributed by atoms with E-state index in [0.29, 0.717) is 18.4 Å². The fourth-order valence-corrected chi connectivity index (χ4v) is 3.03. The van der Waals surface area contributed by atoms with Crippen LogP contribution >= 0.6 is 0 Å². The quantitative estimate of drug-likeness (QED) is 0.793. The van der Waals surface area contributed by atoms with E-state index in [9.17, 15) is 9.59 Å². The molecule has 2 aromatic rings. The first kappa shape index (κ1) is 20.6. The number of nitrogens with zero attached hydrogens (tertiary/aromatic N) is 2. The Morgan fingerprint density at radius 3 is 2.04 bits per heavy atom. The SMILES string of the molecule is CC(=O)N(CC(=O)Nc1c(C(C)C)cccc1C(C)C)Cc1ccncc1. The average Bonchev–Trinajstić information content (AvgIpc) is 2.61. The lowest BCUT2D eigenvalue weighted by Crippen LogP contribution is -2.36. The molecule has 0 fully saturated rings. The van der Waals surface area contributed by atoms with Gasteiger partial charge in [0, 0.05) is 31.5 Å². The Kier molecular flexibility index (Phi) is 7.11. The molecule has 0 spiro atoms. The van der Waals surface area contributed by atoms with Crippen LogP contribution in [0.25, 0.3) is 0 Å². The zero-order chi connectivity index (χ0) is 20.0. The van der Waals surface area contributed by atoms with Crippen LogP contribution in [0.5, 0.6) is 0 Å². The monoisotopic (exact) mass is 367 g/mol. The summed E-state index contributed by atoms with van der Waals surface area (Å²) in [4.78, 5) is 30.3. The van der Waals surface area contributed by atoms with Crippen molar-refractivity contribution in [2.75, 3.05) is 11.9 Å². The summed E-state index contributed by atoms with van der Waals surface area (Å²) in [5.74, 6) is 0.261. The number of nitrogens with one attached hydrogen (secondary N) is 1. The molecule has 0 unspecified atom stereocenters. The van der Waals surface area contributed by atoms with Gasteiger partial charge in [-0.05, 0) is 40.7 Å². The number of amides is 2. The maximum atomic E-state index is 12.7. The van der Waals surface area contributed by atoms with Crippen molar-refractivity contribution in [3.05, 3.63) is 59.4 Å². The van der Waals surface area contributed by atoms with Crippen molar-refractivity contribution >= 4 is 17.5 Å². The standard InChI is InChI=1S/C22H29N3O2/c1-15(2)19-7-6-8-20(16(3)4)22(19)24-21(27)14-25(17(5)26)13-18-9-11-23-12-10-18/h6-12,15-16H,13-14H2,1-5H3,(H,24,27). The average molecular weight is 367 g/mol. The number of para-hydroxylation sites is 1. The third kappa shape index (κ3) is 5.64. The van der Waals surface area contributed by atoms with Crippen LogP contribution in [-0.2, 0) is 16.1 Å². The topological polar surface area (TPSA) is 62.3 Å². The summed E-state index contributed by atoms with van der Waals surface area (Å²) >= 11 is 0. The van der Waals surface area contributed by atoms with Gasteiger partial charge >= 0.3 is 0 Å². The highest BCUT2D eigenvalue weighted by molar-refractivity contribution is 5.95. The second kappa shape index (κ2) is 9.31. The van der Waals surface area contributed by atoms with Gasteiger partial charge in [-0.3, -0.25) is 14.6 Å². The van der Waals surface area contributed by atoms with Crippen molar-refractivity contribution in [2.45, 2.75) is 53.0 Å². The van der Waals surface area contributed by atoms with E-state index < -0.39 is 0 Å². The lowest BCUT2D eigenvalue weighted by atomic mass is 9.92. The maximum Gasteiger partial charge on any atom is 0.244 e. The van der Waals surface area contributed by atoms with Crippen molar-refractivity contribution in [3.8, 4) is 0 Å². The van der Waals surface area contributed by atoms with Crippen LogP contribution in [0.1, 0.15) is 63.1 Å². The number of anilines is 1. The molecule has 144 valence electrons. The van der Waals surface area contributed by atoms with Crippen molar-refractivity contribution in [3.63, 3.8) is 0 Å². The van der Waals surface area contributed by atoms with E-state index >= 15 is 0 Å². The molecule has 1 aromatic heterocycles. The number of benzene rings is 1. The maximum absolute atomic E-state index is 12.7. The van der Waals surface area contributed by atoms with E-state index in [0.717, 1.165) is 22.4 Å². The molecule has 1 aromatic carbocycles. The predicted octanol–water partition coefficient (Wildman–Crippen LogP) is 4.32. The number of carbonyl (C=O) groups excluding carboxylic acids is 2. The summed E-state index contributed by atoms with van der Waals surface area (Å²) in [6, 6.07) is 9.82. The van der Waals surface area contributed by atoms with Crippen molar-refractivity contribution in [2.24, 2.45) is 0 Å². The smallest absolute Gasteiger partial charge is 0.244 e. The van der Waals surface area contributed by atoms with Gasteiger partial charge in [0.15, 0.2) is 0 Å². The van der Waals surface area contributed by atoms with Crippen LogP contribution in [0.2, 0.25) is 0 Å². The minimum absolute atomic E-state index is 0.0155. The zero-order valence-electron chi connectivity index (χ0n) is 16.8. The second-order valence-electron chi connectivity index (χ2n) is 7.40. The van der Waals surface area contributed by atoms with Gasteiger partial charge in [-0.1, -0.05) is 45.9 Å². The van der Waals surface area contributed by atoms with Crippen molar-refractivity contribution in [1.82, 2.24) is 9.88 Å². The number of aromatic nitrogens is 1. The molecule has 0 radical (unpaired) electrons. The van der Waals surface area contributed by atoms with Gasteiger partial charge in [-0.25, -0.2) is 0 Å². The summed E-state index contributed by atoms with van der Waals surface area (Å²) in [6.07, 6.45) is 3.36. The van der Waals surface area contributed by atoms with E-state index in [1.165, 1.54) is 11.8 Å². The molecular weight excluding hydrogens is 338 g/mol. The molecule has 0 aliphatic rings. The number of pyridine rings is 1. The first-order valence-corrected chi connectivity index (χ1v) is 9.36. The highest BCUT2D eigenvalue weighted by atomic mass is 16.2. The van der Waals surface area contributed by atoms with Gasteiger partial charge in [-0.2, -0.15) is 0 Å². The second-order valence-corrected chi connectivity index (χ2v) is 7.40. The fourth-order valence-electron chi connectivity index (χ4n) is 3.03. The van der Waals surface area contributed by atoms with E-state index in [2.05, 4.69) is 38.0 Å². The molecule has 5 nitrogen and oxygen atoms in total. The van der Waals surface area contributed by atoms with Gasteiger partial charge < -0.3 is 10.2 Å². The van der Waals surface area contributed by atoms with Gasteiger partial charge in [0.25, 0.3) is 0 Å². The Morgan fingerprint density at radius 1 is 1.00 bits per heavy atom. The first-order valence-electron chi connectivity index (χ1n) is 9.36. The molecule has 0 aliphatic carbocycles. The molecule has 0 saturated heterocycles. The first-order chi connectivity index (χ1) is 12.8. The molecule has 5 heteroatoms. The van der Waals surface area contributed by atoms with Crippen LogP contribution in [0, 0.1) is 0 Å². The lowest BCUT2D eigenvalue weighted by molar-refractivity contribution is -0.133. The molecule has 0 atom stereocenters. The highest BCUT2D eigenvalue weighted by Crippen LogP contribution is 2.32. The molecule has 1 heterocycles. The van der Waals surface area contributed by atoms with Crippen LogP contribution in [0.3, 0.4) is 0 Å². The Bertz CT molecular complexity index is 759. The van der Waals surface area contributed by atoms with Crippen LogP contribution in [-0.4, -0.2) is 28.2 Å². The third-order valence-electron chi connectivity index (χ3n) is 4.54. The summed E-state index contributed by atoms with van der Waals surface area (Å²) in [7, 11) is 0. The summed E-state index contributed by atoms with van der Waals surface area (Å²) in [6.45, 7) is 10.3. The van der Waals surface area contributed by atoms with E-state index in [4.69, 9.17) is 0 Å². The van der Waals surface area contributed by atoms with Crippen molar-refractivity contribution in [1.29, 1.82) is 0 Å². The van der Waals surface area contributed by atoms with E-state index in [-0.39, 0.29) is 18.4 Å². The lowest BCUT2D eigenvalue weighted by Gasteiger charge is -2.23. The summed E-state index contributed by atoms with van der Waals surface area (Å²) in [5.41, 5.74) is 4.04. The molecular formula is C22H29N3O2. The van der Waals surface area contributed by atoms with Gasteiger partial charge in [0.2, 0.25) is 11.8 Å². The molecule has 0 aliphatic heterocycles. The summed E-state index contributed by atoms with van der Waals surface area (Å²) in [5, 5.41) is 3.07. The minimum Gasteiger partial charge on any atom is -0.329 e. The highest BCUT2D eigenvalue weighted by Gasteiger charge is 2.19. The number of hydrogen-bond acceptors (Lipinski definition) is 3. The summed E-state index contributed by atoms with van der Waals surface area (Å²) < 4.78 is 0. The third-order valence-corrected chi connectivity index (χ3v) is 4.54. The molecule has 0 bridgehead atoms. The normalized spacial score (nSPS) is 10.9. The zero-order valence-corrected chi connectivity index (χ0v) is 16.8. The number of hydrogen-bond donors (Lipinski definition) is 1. The Balaban J connectivity index is 2.19. The van der Waals surface area contributed by atoms with Crippen LogP contribution < -0.4 is 5.32 Å². The Hall–Kier alpha value is -2.69. The van der Waals surface area contributed by atoms with Crippen molar-refractivity contribution < 1.29 is 9.59 Å². The molecule has 0 saturated carbocycles. The number of carbonyl (C=O) groups is 2. The van der Waals surface area contributed by atoms with E-state index in [1.807, 2.05) is 30.3 Å². The van der Waals surface area contributed by atoms with E-state index in [1.54, 1.807) is 12.4 Å². The molecule has 2 amide bonds. The minimum atomic E-state index is -0.186. The van der Waals surface area contributed by atoms with Gasteiger partial charge in [0.05, 0.1) is 0 Å². The largest absolute Gasteiger partial charge is 0.329 e. The predicted molar refractivity (Wildman–Crippen MR) is 109 cm³/mol. The van der Waals surface area contributed by atoms with Gasteiger partial charge in [0.1, 0.15) is 6.54 Å². The molecule has 27 heavy (non-hydrogen) atoms. The Labute approximate surface area is 161 Å². The van der Waals surface area contributed by atoms with Gasteiger partial charge in [-0.15, -0.1) is 0 Å². The number of rotatable bonds is 7. The fraction of sp³-hybridized carbons (Fsp3) is 0.409. The van der Waals surface area contributed by atoms with Crippen LogP contribution in [0.15, 0.2) is 42.7 Å². The Morgan fingerprint density at radius 2 is 1.56 bits per heavy atom. The molecule has 1 N–H and O–H groups in total.